The van der Waals surface area contributed by atoms with Gasteiger partial charge in [0.25, 0.3) is 0 Å². The van der Waals surface area contributed by atoms with Gasteiger partial charge in [-0.25, -0.2) is 4.39 Å². The summed E-state index contributed by atoms with van der Waals surface area (Å²) in [6.07, 6.45) is 2.27. The minimum atomic E-state index is -0.233. The molecule has 2 aliphatic heterocycles. The van der Waals surface area contributed by atoms with Crippen molar-refractivity contribution in [2.24, 2.45) is 0 Å². The van der Waals surface area contributed by atoms with Gasteiger partial charge in [-0.15, -0.1) is 12.4 Å². The molecule has 2 heterocycles. The predicted molar refractivity (Wildman–Crippen MR) is 121 cm³/mol. The SMILES string of the molecule is Cl.Fc1ccc(-c2ccc(C3CCNCC3)cc2COc2ccc3c(c2)OCO3)cc1. The molecule has 0 amide bonds. The van der Waals surface area contributed by atoms with Crippen LogP contribution in [0.4, 0.5) is 4.39 Å². The number of piperidine rings is 1. The van der Waals surface area contributed by atoms with Gasteiger partial charge >= 0.3 is 0 Å². The lowest BCUT2D eigenvalue weighted by atomic mass is 9.87. The highest BCUT2D eigenvalue weighted by atomic mass is 35.5. The number of benzene rings is 3. The van der Waals surface area contributed by atoms with Crippen molar-refractivity contribution >= 4 is 12.4 Å². The van der Waals surface area contributed by atoms with E-state index in [1.807, 2.05) is 30.3 Å². The molecule has 0 bridgehead atoms. The molecule has 6 heteroatoms. The molecular weight excluding hydrogens is 417 g/mol. The molecule has 4 nitrogen and oxygen atoms in total. The molecule has 3 aromatic carbocycles. The van der Waals surface area contributed by atoms with E-state index >= 15 is 0 Å². The highest BCUT2D eigenvalue weighted by Gasteiger charge is 2.18. The minimum absolute atomic E-state index is 0. The minimum Gasteiger partial charge on any atom is -0.489 e. The van der Waals surface area contributed by atoms with Crippen LogP contribution in [0.5, 0.6) is 17.2 Å². The van der Waals surface area contributed by atoms with Gasteiger partial charge in [-0.2, -0.15) is 0 Å². The fraction of sp³-hybridized carbons (Fsp3) is 0.280. The summed E-state index contributed by atoms with van der Waals surface area (Å²) in [4.78, 5) is 0. The largest absolute Gasteiger partial charge is 0.489 e. The van der Waals surface area contributed by atoms with E-state index in [9.17, 15) is 4.39 Å². The van der Waals surface area contributed by atoms with Crippen LogP contribution in [0, 0.1) is 5.82 Å². The van der Waals surface area contributed by atoms with Crippen LogP contribution >= 0.6 is 12.4 Å². The Morgan fingerprint density at radius 2 is 1.68 bits per heavy atom. The Balaban J connectivity index is 0.00000231. The Morgan fingerprint density at radius 3 is 2.48 bits per heavy atom. The van der Waals surface area contributed by atoms with E-state index in [4.69, 9.17) is 14.2 Å². The van der Waals surface area contributed by atoms with Gasteiger partial charge in [0.15, 0.2) is 11.5 Å². The maximum atomic E-state index is 13.4. The molecule has 2 aliphatic rings. The molecule has 0 radical (unpaired) electrons. The van der Waals surface area contributed by atoms with Crippen molar-refractivity contribution in [3.05, 3.63) is 77.6 Å². The number of ether oxygens (including phenoxy) is 3. The molecule has 0 aliphatic carbocycles. The third-order valence-corrected chi connectivity index (χ3v) is 5.83. The van der Waals surface area contributed by atoms with Gasteiger partial charge in [-0.3, -0.25) is 0 Å². The third kappa shape index (κ3) is 4.78. The van der Waals surface area contributed by atoms with Gasteiger partial charge < -0.3 is 19.5 Å². The van der Waals surface area contributed by atoms with Crippen molar-refractivity contribution in [1.29, 1.82) is 0 Å². The van der Waals surface area contributed by atoms with E-state index in [2.05, 4.69) is 23.5 Å². The second-order valence-electron chi connectivity index (χ2n) is 7.75. The molecule has 0 aromatic heterocycles. The van der Waals surface area contributed by atoms with Gasteiger partial charge in [0.05, 0.1) is 0 Å². The molecule has 1 saturated heterocycles. The summed E-state index contributed by atoms with van der Waals surface area (Å²) >= 11 is 0. The van der Waals surface area contributed by atoms with E-state index in [1.165, 1.54) is 17.7 Å². The average molecular weight is 442 g/mol. The first kappa shape index (κ1) is 21.5. The summed E-state index contributed by atoms with van der Waals surface area (Å²) in [5, 5.41) is 3.43. The molecule has 31 heavy (non-hydrogen) atoms. The summed E-state index contributed by atoms with van der Waals surface area (Å²) in [5.74, 6) is 2.49. The van der Waals surface area contributed by atoms with E-state index in [0.717, 1.165) is 54.1 Å². The van der Waals surface area contributed by atoms with Gasteiger partial charge in [-0.1, -0.05) is 30.3 Å². The first-order chi connectivity index (χ1) is 14.8. The summed E-state index contributed by atoms with van der Waals surface area (Å²) in [7, 11) is 0. The summed E-state index contributed by atoms with van der Waals surface area (Å²) < 4.78 is 30.4. The van der Waals surface area contributed by atoms with Crippen LogP contribution in [0.15, 0.2) is 60.7 Å². The predicted octanol–water partition coefficient (Wildman–Crippen LogP) is 5.69. The van der Waals surface area contributed by atoms with Gasteiger partial charge in [0.1, 0.15) is 18.2 Å². The molecule has 0 spiro atoms. The van der Waals surface area contributed by atoms with Crippen LogP contribution in [0.1, 0.15) is 29.9 Å². The maximum Gasteiger partial charge on any atom is 0.231 e. The van der Waals surface area contributed by atoms with Crippen LogP contribution in [-0.2, 0) is 6.61 Å². The van der Waals surface area contributed by atoms with Crippen molar-refractivity contribution in [3.63, 3.8) is 0 Å². The number of nitrogens with one attached hydrogen (secondary N) is 1. The highest BCUT2D eigenvalue weighted by molar-refractivity contribution is 5.85. The fourth-order valence-corrected chi connectivity index (χ4v) is 4.18. The maximum absolute atomic E-state index is 13.4. The number of rotatable bonds is 5. The van der Waals surface area contributed by atoms with Crippen LogP contribution in [0.3, 0.4) is 0 Å². The van der Waals surface area contributed by atoms with Crippen LogP contribution < -0.4 is 19.5 Å². The van der Waals surface area contributed by atoms with E-state index in [-0.39, 0.29) is 25.0 Å². The summed E-state index contributed by atoms with van der Waals surface area (Å²) in [6.45, 7) is 2.76. The van der Waals surface area contributed by atoms with Crippen molar-refractivity contribution in [2.45, 2.75) is 25.4 Å². The lowest BCUT2D eigenvalue weighted by Crippen LogP contribution is -2.26. The number of hydrogen-bond donors (Lipinski definition) is 1. The molecule has 1 fully saturated rings. The first-order valence-electron chi connectivity index (χ1n) is 10.4. The summed E-state index contributed by atoms with van der Waals surface area (Å²) in [6, 6.07) is 18.8. The van der Waals surface area contributed by atoms with Gasteiger partial charge in [0, 0.05) is 6.07 Å². The van der Waals surface area contributed by atoms with Crippen molar-refractivity contribution in [1.82, 2.24) is 5.32 Å². The zero-order chi connectivity index (χ0) is 20.3. The Bertz CT molecular complexity index is 1040. The van der Waals surface area contributed by atoms with E-state index in [0.29, 0.717) is 18.3 Å². The second kappa shape index (κ2) is 9.58. The molecule has 3 aromatic rings. The quantitative estimate of drug-likeness (QED) is 0.552. The molecule has 0 saturated carbocycles. The standard InChI is InChI=1S/C25H24FNO3.ClH/c26-21-4-1-18(2-5-21)23-7-3-19(17-9-11-27-12-10-17)13-20(23)15-28-22-6-8-24-25(14-22)30-16-29-24;/h1-8,13-14,17,27H,9-12,15-16H2;1H. The van der Waals surface area contributed by atoms with Crippen LogP contribution in [0.25, 0.3) is 11.1 Å². The fourth-order valence-electron chi connectivity index (χ4n) is 4.18. The first-order valence-corrected chi connectivity index (χ1v) is 10.4. The Morgan fingerprint density at radius 1 is 0.903 bits per heavy atom. The highest BCUT2D eigenvalue weighted by Crippen LogP contribution is 2.36. The topological polar surface area (TPSA) is 39.7 Å². The molecule has 0 unspecified atom stereocenters. The lowest BCUT2D eigenvalue weighted by molar-refractivity contribution is 0.173. The van der Waals surface area contributed by atoms with Crippen LogP contribution in [-0.4, -0.2) is 19.9 Å². The smallest absolute Gasteiger partial charge is 0.231 e. The lowest BCUT2D eigenvalue weighted by Gasteiger charge is -2.24. The second-order valence-corrected chi connectivity index (χ2v) is 7.75. The van der Waals surface area contributed by atoms with Crippen LogP contribution in [0.2, 0.25) is 0 Å². The number of hydrogen-bond acceptors (Lipinski definition) is 4. The average Bonchev–Trinajstić information content (AvgIpc) is 3.27. The van der Waals surface area contributed by atoms with Crippen molar-refractivity contribution in [3.8, 4) is 28.4 Å². The van der Waals surface area contributed by atoms with Gasteiger partial charge in [0.2, 0.25) is 6.79 Å². The Kier molecular flexibility index (Phi) is 6.64. The monoisotopic (exact) mass is 441 g/mol. The Labute approximate surface area is 187 Å². The molecule has 1 N–H and O–H groups in total. The summed E-state index contributed by atoms with van der Waals surface area (Å²) in [5.41, 5.74) is 4.48. The zero-order valence-electron chi connectivity index (χ0n) is 17.1. The number of fused-ring (bicyclic) bond motifs is 1. The Hall–Kier alpha value is -2.76. The van der Waals surface area contributed by atoms with Gasteiger partial charge in [-0.05, 0) is 78.4 Å². The molecule has 5 rings (SSSR count). The molecule has 162 valence electrons. The van der Waals surface area contributed by atoms with Crippen molar-refractivity contribution < 1.29 is 18.6 Å². The molecular formula is C25H25ClFNO3. The van der Waals surface area contributed by atoms with E-state index < -0.39 is 0 Å². The van der Waals surface area contributed by atoms with E-state index in [1.54, 1.807) is 0 Å². The zero-order valence-corrected chi connectivity index (χ0v) is 17.9. The molecule has 0 atom stereocenters. The normalized spacial score (nSPS) is 15.4. The van der Waals surface area contributed by atoms with Crippen molar-refractivity contribution in [2.75, 3.05) is 19.9 Å². The number of halogens is 2. The third-order valence-electron chi connectivity index (χ3n) is 5.83.